The second kappa shape index (κ2) is 5.67. The predicted molar refractivity (Wildman–Crippen MR) is 73.1 cm³/mol. The van der Waals surface area contributed by atoms with E-state index in [4.69, 9.17) is 4.42 Å². The van der Waals surface area contributed by atoms with Gasteiger partial charge < -0.3 is 15.1 Å². The number of para-hydroxylation sites is 1. The van der Waals surface area contributed by atoms with Crippen molar-refractivity contribution in [3.8, 4) is 0 Å². The first-order chi connectivity index (χ1) is 9.13. The molecule has 100 valence electrons. The predicted octanol–water partition coefficient (Wildman–Crippen LogP) is 2.52. The van der Waals surface area contributed by atoms with E-state index >= 15 is 0 Å². The van der Waals surface area contributed by atoms with Crippen LogP contribution in [0.25, 0.3) is 0 Å². The molecule has 0 aliphatic rings. The van der Waals surface area contributed by atoms with Gasteiger partial charge in [-0.3, -0.25) is 4.79 Å². The van der Waals surface area contributed by atoms with E-state index in [2.05, 4.69) is 15.6 Å². The summed E-state index contributed by atoms with van der Waals surface area (Å²) in [4.78, 5) is 16.0. The number of carbonyl (C=O) groups excluding carboxylic acids is 1. The number of rotatable bonds is 4. The molecule has 0 spiro atoms. The van der Waals surface area contributed by atoms with Gasteiger partial charge in [0.15, 0.2) is 6.39 Å². The lowest BCUT2D eigenvalue weighted by Gasteiger charge is -2.15. The normalized spacial score (nSPS) is 12.2. The number of benzene rings is 1. The number of nitrogens with zero attached hydrogens (tertiary/aromatic N) is 1. The minimum absolute atomic E-state index is 0.146. The van der Waals surface area contributed by atoms with E-state index in [0.29, 0.717) is 5.69 Å². The summed E-state index contributed by atoms with van der Waals surface area (Å²) in [5, 5.41) is 6.01. The van der Waals surface area contributed by atoms with Gasteiger partial charge in [0.2, 0.25) is 5.76 Å². The maximum Gasteiger partial charge on any atom is 0.293 e. The fraction of sp³-hybridized carbons (Fsp3) is 0.286. The van der Waals surface area contributed by atoms with Crippen molar-refractivity contribution in [3.05, 3.63) is 47.7 Å². The molecule has 5 heteroatoms. The van der Waals surface area contributed by atoms with Crippen molar-refractivity contribution in [3.63, 3.8) is 0 Å². The van der Waals surface area contributed by atoms with Gasteiger partial charge in [0.25, 0.3) is 5.91 Å². The first kappa shape index (κ1) is 13.3. The lowest BCUT2D eigenvalue weighted by atomic mass is 10.1. The Bertz CT molecular complexity index is 578. The van der Waals surface area contributed by atoms with Crippen LogP contribution in [0.15, 0.2) is 35.1 Å². The molecule has 2 N–H and O–H groups in total. The molecule has 19 heavy (non-hydrogen) atoms. The van der Waals surface area contributed by atoms with E-state index in [1.807, 2.05) is 38.2 Å². The number of amides is 1. The molecule has 0 saturated carbocycles. The van der Waals surface area contributed by atoms with Crippen molar-refractivity contribution in [2.45, 2.75) is 19.9 Å². The number of carbonyl (C=O) groups is 1. The van der Waals surface area contributed by atoms with Crippen LogP contribution < -0.4 is 10.6 Å². The van der Waals surface area contributed by atoms with E-state index in [1.165, 1.54) is 6.39 Å². The van der Waals surface area contributed by atoms with E-state index < -0.39 is 0 Å². The van der Waals surface area contributed by atoms with E-state index in [9.17, 15) is 4.79 Å². The number of hydrogen-bond acceptors (Lipinski definition) is 4. The third kappa shape index (κ3) is 2.82. The molecule has 2 aromatic rings. The van der Waals surface area contributed by atoms with Gasteiger partial charge in [-0.25, -0.2) is 4.98 Å². The quantitative estimate of drug-likeness (QED) is 0.885. The van der Waals surface area contributed by atoms with Crippen molar-refractivity contribution in [1.82, 2.24) is 10.3 Å². The summed E-state index contributed by atoms with van der Waals surface area (Å²) in [6, 6.07) is 7.82. The zero-order valence-electron chi connectivity index (χ0n) is 11.2. The molecular formula is C14H17N3O2. The summed E-state index contributed by atoms with van der Waals surface area (Å²) in [5.74, 6) is -0.0438. The van der Waals surface area contributed by atoms with Crippen LogP contribution in [-0.4, -0.2) is 17.9 Å². The molecule has 0 bridgehead atoms. The number of hydrogen-bond donors (Lipinski definition) is 2. The van der Waals surface area contributed by atoms with Crippen LogP contribution in [-0.2, 0) is 0 Å². The molecule has 0 radical (unpaired) electrons. The van der Waals surface area contributed by atoms with Gasteiger partial charge in [-0.05, 0) is 32.5 Å². The van der Waals surface area contributed by atoms with E-state index in [0.717, 1.165) is 11.3 Å². The Balaban J connectivity index is 2.24. The van der Waals surface area contributed by atoms with Crippen LogP contribution in [0.3, 0.4) is 0 Å². The number of aromatic nitrogens is 1. The fourth-order valence-electron chi connectivity index (χ4n) is 1.84. The highest BCUT2D eigenvalue weighted by atomic mass is 16.3. The maximum atomic E-state index is 12.1. The Morgan fingerprint density at radius 3 is 2.74 bits per heavy atom. The minimum atomic E-state index is -0.286. The zero-order valence-corrected chi connectivity index (χ0v) is 11.2. The van der Waals surface area contributed by atoms with Gasteiger partial charge in [0, 0.05) is 11.7 Å². The molecule has 0 fully saturated rings. The molecule has 1 aromatic heterocycles. The molecule has 1 heterocycles. The summed E-state index contributed by atoms with van der Waals surface area (Å²) >= 11 is 0. The van der Waals surface area contributed by atoms with Crippen molar-refractivity contribution >= 4 is 11.6 Å². The Labute approximate surface area is 112 Å². The summed E-state index contributed by atoms with van der Waals surface area (Å²) < 4.78 is 5.09. The van der Waals surface area contributed by atoms with Gasteiger partial charge in [0.1, 0.15) is 0 Å². The van der Waals surface area contributed by atoms with Crippen molar-refractivity contribution in [2.75, 3.05) is 12.4 Å². The summed E-state index contributed by atoms with van der Waals surface area (Å²) in [7, 11) is 1.88. The highest BCUT2D eigenvalue weighted by Crippen LogP contribution is 2.23. The second-order valence-corrected chi connectivity index (χ2v) is 4.32. The van der Waals surface area contributed by atoms with E-state index in [-0.39, 0.29) is 17.7 Å². The SMILES string of the molecule is CNC(C)c1ccccc1NC(=O)c1ocnc1C. The lowest BCUT2D eigenvalue weighted by Crippen LogP contribution is -2.18. The molecule has 0 saturated heterocycles. The van der Waals surface area contributed by atoms with Crippen molar-refractivity contribution in [2.24, 2.45) is 0 Å². The number of aryl methyl sites for hydroxylation is 1. The monoisotopic (exact) mass is 259 g/mol. The molecule has 1 unspecified atom stereocenters. The molecule has 1 aromatic carbocycles. The Morgan fingerprint density at radius 2 is 2.11 bits per heavy atom. The van der Waals surface area contributed by atoms with Gasteiger partial charge in [0.05, 0.1) is 5.69 Å². The van der Waals surface area contributed by atoms with Gasteiger partial charge in [-0.15, -0.1) is 0 Å². The summed E-state index contributed by atoms with van der Waals surface area (Å²) in [5.41, 5.74) is 2.37. The Kier molecular flexibility index (Phi) is 3.97. The molecule has 5 nitrogen and oxygen atoms in total. The first-order valence-electron chi connectivity index (χ1n) is 6.11. The van der Waals surface area contributed by atoms with Crippen LogP contribution in [0.2, 0.25) is 0 Å². The molecule has 1 atom stereocenters. The highest BCUT2D eigenvalue weighted by Gasteiger charge is 2.16. The zero-order chi connectivity index (χ0) is 13.8. The van der Waals surface area contributed by atoms with Crippen LogP contribution in [0.5, 0.6) is 0 Å². The standard InChI is InChI=1S/C14H17N3O2/c1-9(15-3)11-6-4-5-7-12(11)17-14(18)13-10(2)16-8-19-13/h4-9,15H,1-3H3,(H,17,18). The van der Waals surface area contributed by atoms with Crippen LogP contribution >= 0.6 is 0 Å². The third-order valence-electron chi connectivity index (χ3n) is 3.06. The smallest absolute Gasteiger partial charge is 0.293 e. The average molecular weight is 259 g/mol. The maximum absolute atomic E-state index is 12.1. The first-order valence-corrected chi connectivity index (χ1v) is 6.11. The van der Waals surface area contributed by atoms with Crippen molar-refractivity contribution < 1.29 is 9.21 Å². The number of anilines is 1. The lowest BCUT2D eigenvalue weighted by molar-refractivity contribution is 0.0995. The second-order valence-electron chi connectivity index (χ2n) is 4.32. The average Bonchev–Trinajstić information content (AvgIpc) is 2.85. The molecule has 0 aliphatic carbocycles. The fourth-order valence-corrected chi connectivity index (χ4v) is 1.84. The van der Waals surface area contributed by atoms with Gasteiger partial charge >= 0.3 is 0 Å². The minimum Gasteiger partial charge on any atom is -0.438 e. The molecule has 0 aliphatic heterocycles. The van der Waals surface area contributed by atoms with Gasteiger partial charge in [-0.2, -0.15) is 0 Å². The topological polar surface area (TPSA) is 67.2 Å². The Hall–Kier alpha value is -2.14. The van der Waals surface area contributed by atoms with E-state index in [1.54, 1.807) is 6.92 Å². The van der Waals surface area contributed by atoms with Crippen LogP contribution in [0.1, 0.15) is 34.8 Å². The largest absolute Gasteiger partial charge is 0.438 e. The Morgan fingerprint density at radius 1 is 1.37 bits per heavy atom. The van der Waals surface area contributed by atoms with Crippen molar-refractivity contribution in [1.29, 1.82) is 0 Å². The third-order valence-corrected chi connectivity index (χ3v) is 3.06. The molecule has 2 rings (SSSR count). The highest BCUT2D eigenvalue weighted by molar-refractivity contribution is 6.03. The molecular weight excluding hydrogens is 242 g/mol. The number of nitrogens with one attached hydrogen (secondary N) is 2. The number of oxazole rings is 1. The summed E-state index contributed by atoms with van der Waals surface area (Å²) in [6.45, 7) is 3.77. The molecule has 1 amide bonds. The summed E-state index contributed by atoms with van der Waals surface area (Å²) in [6.07, 6.45) is 1.27. The van der Waals surface area contributed by atoms with Crippen LogP contribution in [0, 0.1) is 6.92 Å². The van der Waals surface area contributed by atoms with Crippen LogP contribution in [0.4, 0.5) is 5.69 Å². The van der Waals surface area contributed by atoms with Gasteiger partial charge in [-0.1, -0.05) is 18.2 Å².